The fraction of sp³-hybridized carbons (Fsp3) is 0.231. The summed E-state index contributed by atoms with van der Waals surface area (Å²) in [5.41, 5.74) is 2.25. The molecular formula is C13H15N3. The quantitative estimate of drug-likeness (QED) is 0.847. The molecule has 0 aliphatic carbocycles. The van der Waals surface area contributed by atoms with Crippen LogP contribution < -0.4 is 5.32 Å². The summed E-state index contributed by atoms with van der Waals surface area (Å²) in [5, 5.41) is 3.41. The standard InChI is InChI=1S/C13H15N3/c1-11(12-5-4-7-14-9-12)16-10-13-6-2-3-8-15-13/h2-9,11,16H,10H2,1H3/t11-/m0/s1. The molecular weight excluding hydrogens is 198 g/mol. The van der Waals surface area contributed by atoms with Crippen molar-refractivity contribution in [3.8, 4) is 0 Å². The lowest BCUT2D eigenvalue weighted by Gasteiger charge is -2.13. The molecule has 0 saturated heterocycles. The third-order valence-electron chi connectivity index (χ3n) is 2.50. The Bertz CT molecular complexity index is 414. The molecule has 0 fully saturated rings. The Morgan fingerprint density at radius 1 is 1.19 bits per heavy atom. The van der Waals surface area contributed by atoms with Gasteiger partial charge >= 0.3 is 0 Å². The Kier molecular flexibility index (Phi) is 3.62. The number of hydrogen-bond acceptors (Lipinski definition) is 3. The van der Waals surface area contributed by atoms with Crippen LogP contribution >= 0.6 is 0 Å². The number of hydrogen-bond donors (Lipinski definition) is 1. The fourth-order valence-electron chi connectivity index (χ4n) is 1.51. The molecule has 0 radical (unpaired) electrons. The smallest absolute Gasteiger partial charge is 0.0541 e. The van der Waals surface area contributed by atoms with E-state index in [0.717, 1.165) is 12.2 Å². The molecule has 16 heavy (non-hydrogen) atoms. The van der Waals surface area contributed by atoms with E-state index in [1.54, 1.807) is 6.20 Å². The van der Waals surface area contributed by atoms with Crippen LogP contribution in [0.3, 0.4) is 0 Å². The van der Waals surface area contributed by atoms with Crippen molar-refractivity contribution in [1.82, 2.24) is 15.3 Å². The van der Waals surface area contributed by atoms with Crippen molar-refractivity contribution < 1.29 is 0 Å². The van der Waals surface area contributed by atoms with E-state index in [1.165, 1.54) is 5.56 Å². The van der Waals surface area contributed by atoms with Gasteiger partial charge < -0.3 is 5.32 Å². The molecule has 1 N–H and O–H groups in total. The van der Waals surface area contributed by atoms with Crippen LogP contribution in [0.5, 0.6) is 0 Å². The zero-order valence-corrected chi connectivity index (χ0v) is 9.30. The lowest BCUT2D eigenvalue weighted by molar-refractivity contribution is 0.566. The predicted octanol–water partition coefficient (Wildman–Crippen LogP) is 2.33. The zero-order chi connectivity index (χ0) is 11.2. The highest BCUT2D eigenvalue weighted by Crippen LogP contribution is 2.10. The summed E-state index contributed by atoms with van der Waals surface area (Å²) in [5.74, 6) is 0. The van der Waals surface area contributed by atoms with Crippen molar-refractivity contribution in [3.63, 3.8) is 0 Å². The Morgan fingerprint density at radius 2 is 2.12 bits per heavy atom. The lowest BCUT2D eigenvalue weighted by Crippen LogP contribution is -2.18. The molecule has 2 heterocycles. The van der Waals surface area contributed by atoms with Gasteiger partial charge in [0.15, 0.2) is 0 Å². The van der Waals surface area contributed by atoms with Gasteiger partial charge in [-0.3, -0.25) is 9.97 Å². The van der Waals surface area contributed by atoms with Crippen LogP contribution in [-0.4, -0.2) is 9.97 Å². The van der Waals surface area contributed by atoms with Gasteiger partial charge in [-0.1, -0.05) is 12.1 Å². The number of nitrogens with one attached hydrogen (secondary N) is 1. The van der Waals surface area contributed by atoms with Crippen LogP contribution in [0.2, 0.25) is 0 Å². The van der Waals surface area contributed by atoms with Crippen LogP contribution in [0.1, 0.15) is 24.2 Å². The lowest BCUT2D eigenvalue weighted by atomic mass is 10.1. The summed E-state index contributed by atoms with van der Waals surface area (Å²) < 4.78 is 0. The van der Waals surface area contributed by atoms with Gasteiger partial charge in [-0.2, -0.15) is 0 Å². The monoisotopic (exact) mass is 213 g/mol. The third kappa shape index (κ3) is 2.87. The maximum Gasteiger partial charge on any atom is 0.0541 e. The number of nitrogens with zero attached hydrogens (tertiary/aromatic N) is 2. The van der Waals surface area contributed by atoms with E-state index in [-0.39, 0.29) is 6.04 Å². The highest BCUT2D eigenvalue weighted by atomic mass is 14.9. The first-order chi connectivity index (χ1) is 7.86. The molecule has 0 saturated carbocycles. The average molecular weight is 213 g/mol. The molecule has 0 aromatic carbocycles. The predicted molar refractivity (Wildman–Crippen MR) is 63.7 cm³/mol. The first kappa shape index (κ1) is 10.8. The number of pyridine rings is 2. The molecule has 3 nitrogen and oxygen atoms in total. The summed E-state index contributed by atoms with van der Waals surface area (Å²) in [6.45, 7) is 2.90. The minimum Gasteiger partial charge on any atom is -0.305 e. The number of aromatic nitrogens is 2. The molecule has 0 aliphatic heterocycles. The maximum absolute atomic E-state index is 4.27. The molecule has 2 rings (SSSR count). The normalized spacial score (nSPS) is 12.3. The Labute approximate surface area is 95.6 Å². The Hall–Kier alpha value is -1.74. The van der Waals surface area contributed by atoms with Crippen LogP contribution in [-0.2, 0) is 6.54 Å². The Morgan fingerprint density at radius 3 is 2.81 bits per heavy atom. The second-order valence-corrected chi connectivity index (χ2v) is 3.71. The van der Waals surface area contributed by atoms with Crippen molar-refractivity contribution in [2.75, 3.05) is 0 Å². The van der Waals surface area contributed by atoms with Crippen molar-refractivity contribution in [2.45, 2.75) is 19.5 Å². The first-order valence-electron chi connectivity index (χ1n) is 5.39. The summed E-state index contributed by atoms with van der Waals surface area (Å²) in [4.78, 5) is 8.37. The van der Waals surface area contributed by atoms with Crippen molar-refractivity contribution >= 4 is 0 Å². The molecule has 1 atom stereocenters. The fourth-order valence-corrected chi connectivity index (χ4v) is 1.51. The van der Waals surface area contributed by atoms with Gasteiger partial charge in [0.25, 0.3) is 0 Å². The third-order valence-corrected chi connectivity index (χ3v) is 2.50. The molecule has 2 aromatic heterocycles. The largest absolute Gasteiger partial charge is 0.305 e. The summed E-state index contributed by atoms with van der Waals surface area (Å²) in [6, 6.07) is 10.3. The minimum atomic E-state index is 0.288. The topological polar surface area (TPSA) is 37.8 Å². The van der Waals surface area contributed by atoms with E-state index in [9.17, 15) is 0 Å². The zero-order valence-electron chi connectivity index (χ0n) is 9.30. The van der Waals surface area contributed by atoms with Gasteiger partial charge in [0.1, 0.15) is 0 Å². The van der Waals surface area contributed by atoms with E-state index >= 15 is 0 Å². The summed E-state index contributed by atoms with van der Waals surface area (Å²) in [6.07, 6.45) is 5.48. The number of rotatable bonds is 4. The van der Waals surface area contributed by atoms with Crippen LogP contribution in [0.15, 0.2) is 48.9 Å². The molecule has 0 aliphatic rings. The highest BCUT2D eigenvalue weighted by molar-refractivity contribution is 5.13. The second kappa shape index (κ2) is 5.37. The molecule has 0 unspecified atom stereocenters. The van der Waals surface area contributed by atoms with Gasteiger partial charge in [0.2, 0.25) is 0 Å². The SMILES string of the molecule is C[C@H](NCc1ccccn1)c1cccnc1. The van der Waals surface area contributed by atoms with E-state index in [2.05, 4.69) is 28.3 Å². The van der Waals surface area contributed by atoms with Gasteiger partial charge in [-0.05, 0) is 30.7 Å². The van der Waals surface area contributed by atoms with E-state index in [1.807, 2.05) is 36.7 Å². The molecule has 0 bridgehead atoms. The molecule has 3 heteroatoms. The molecule has 82 valence electrons. The van der Waals surface area contributed by atoms with Gasteiger partial charge in [0, 0.05) is 31.2 Å². The highest BCUT2D eigenvalue weighted by Gasteiger charge is 2.04. The van der Waals surface area contributed by atoms with Crippen molar-refractivity contribution in [1.29, 1.82) is 0 Å². The van der Waals surface area contributed by atoms with Crippen molar-refractivity contribution in [3.05, 3.63) is 60.2 Å². The van der Waals surface area contributed by atoms with E-state index in [0.29, 0.717) is 0 Å². The molecule has 0 amide bonds. The van der Waals surface area contributed by atoms with E-state index < -0.39 is 0 Å². The molecule has 2 aromatic rings. The summed E-state index contributed by atoms with van der Waals surface area (Å²) >= 11 is 0. The maximum atomic E-state index is 4.27. The second-order valence-electron chi connectivity index (χ2n) is 3.71. The van der Waals surface area contributed by atoms with Crippen LogP contribution in [0.4, 0.5) is 0 Å². The Balaban J connectivity index is 1.92. The van der Waals surface area contributed by atoms with Crippen LogP contribution in [0, 0.1) is 0 Å². The summed E-state index contributed by atoms with van der Waals surface area (Å²) in [7, 11) is 0. The van der Waals surface area contributed by atoms with Crippen LogP contribution in [0.25, 0.3) is 0 Å². The van der Waals surface area contributed by atoms with Gasteiger partial charge in [-0.25, -0.2) is 0 Å². The molecule has 0 spiro atoms. The van der Waals surface area contributed by atoms with E-state index in [4.69, 9.17) is 0 Å². The van der Waals surface area contributed by atoms with Gasteiger partial charge in [0.05, 0.1) is 5.69 Å². The first-order valence-corrected chi connectivity index (χ1v) is 5.39. The minimum absolute atomic E-state index is 0.288. The van der Waals surface area contributed by atoms with Crippen molar-refractivity contribution in [2.24, 2.45) is 0 Å². The van der Waals surface area contributed by atoms with Gasteiger partial charge in [-0.15, -0.1) is 0 Å². The average Bonchev–Trinajstić information content (AvgIpc) is 2.38.